The topological polar surface area (TPSA) is 89.7 Å². The standard InChI is InChI=1S/C10H9N5OS/c1-16-5-2-6(17-3-5)9-14-7-8(11)12-4-13-10(7)15-9/h2-4H,1H3,(H3,11,12,13,14,15). The summed E-state index contributed by atoms with van der Waals surface area (Å²) >= 11 is 1.54. The number of ether oxygens (including phenoxy) is 1. The molecule has 17 heavy (non-hydrogen) atoms. The molecule has 3 heterocycles. The molecule has 3 aromatic rings. The van der Waals surface area contributed by atoms with E-state index in [2.05, 4.69) is 19.9 Å². The number of thiophene rings is 1. The Morgan fingerprint density at radius 3 is 3.00 bits per heavy atom. The third-order valence-corrected chi connectivity index (χ3v) is 3.28. The average Bonchev–Trinajstić information content (AvgIpc) is 2.95. The van der Waals surface area contributed by atoms with Crippen LogP contribution < -0.4 is 10.5 Å². The normalized spacial score (nSPS) is 10.9. The molecule has 0 aliphatic heterocycles. The highest BCUT2D eigenvalue weighted by Crippen LogP contribution is 2.30. The summed E-state index contributed by atoms with van der Waals surface area (Å²) in [7, 11) is 1.63. The van der Waals surface area contributed by atoms with E-state index >= 15 is 0 Å². The second-order valence-electron chi connectivity index (χ2n) is 3.39. The van der Waals surface area contributed by atoms with E-state index in [4.69, 9.17) is 10.5 Å². The lowest BCUT2D eigenvalue weighted by molar-refractivity contribution is 0.417. The fourth-order valence-electron chi connectivity index (χ4n) is 1.51. The number of hydrogen-bond donors (Lipinski definition) is 2. The first-order valence-electron chi connectivity index (χ1n) is 4.87. The minimum Gasteiger partial charge on any atom is -0.496 e. The van der Waals surface area contributed by atoms with Crippen molar-refractivity contribution in [3.05, 3.63) is 17.8 Å². The van der Waals surface area contributed by atoms with Crippen LogP contribution in [0.2, 0.25) is 0 Å². The van der Waals surface area contributed by atoms with Crippen molar-refractivity contribution in [1.82, 2.24) is 19.9 Å². The molecule has 86 valence electrons. The molecular formula is C10H9N5OS. The van der Waals surface area contributed by atoms with Crippen LogP contribution in [-0.2, 0) is 0 Å². The van der Waals surface area contributed by atoms with Crippen molar-refractivity contribution in [3.63, 3.8) is 0 Å². The van der Waals surface area contributed by atoms with Crippen molar-refractivity contribution in [2.45, 2.75) is 0 Å². The zero-order chi connectivity index (χ0) is 11.8. The van der Waals surface area contributed by atoms with Crippen LogP contribution in [0.5, 0.6) is 5.75 Å². The summed E-state index contributed by atoms with van der Waals surface area (Å²) in [6, 6.07) is 1.91. The van der Waals surface area contributed by atoms with Gasteiger partial charge < -0.3 is 15.5 Å². The summed E-state index contributed by atoms with van der Waals surface area (Å²) in [4.78, 5) is 16.4. The molecule has 0 unspecified atom stereocenters. The maximum Gasteiger partial charge on any atom is 0.183 e. The van der Waals surface area contributed by atoms with Gasteiger partial charge in [0.2, 0.25) is 0 Å². The van der Waals surface area contributed by atoms with Crippen LogP contribution in [0.1, 0.15) is 0 Å². The lowest BCUT2D eigenvalue weighted by atomic mass is 10.4. The number of aromatic nitrogens is 4. The molecule has 3 N–H and O–H groups in total. The molecule has 0 aliphatic carbocycles. The van der Waals surface area contributed by atoms with E-state index in [1.807, 2.05) is 11.4 Å². The van der Waals surface area contributed by atoms with E-state index in [0.717, 1.165) is 16.5 Å². The maximum atomic E-state index is 5.74. The number of nitrogens with two attached hydrogens (primary N) is 1. The summed E-state index contributed by atoms with van der Waals surface area (Å²) in [6.07, 6.45) is 1.40. The average molecular weight is 247 g/mol. The largest absolute Gasteiger partial charge is 0.496 e. The van der Waals surface area contributed by atoms with Crippen LogP contribution in [0.15, 0.2) is 17.8 Å². The molecule has 0 saturated carbocycles. The van der Waals surface area contributed by atoms with Gasteiger partial charge in [0.25, 0.3) is 0 Å². The Labute approximate surface area is 100 Å². The third kappa shape index (κ3) is 1.60. The first-order valence-corrected chi connectivity index (χ1v) is 5.75. The Balaban J connectivity index is 2.14. The summed E-state index contributed by atoms with van der Waals surface area (Å²) in [5.74, 6) is 1.93. The van der Waals surface area contributed by atoms with E-state index in [0.29, 0.717) is 17.0 Å². The lowest BCUT2D eigenvalue weighted by Gasteiger charge is -1.90. The number of H-pyrrole nitrogens is 1. The molecule has 0 aromatic carbocycles. The monoisotopic (exact) mass is 247 g/mol. The minimum atomic E-state index is 0.400. The Bertz CT molecular complexity index is 674. The molecule has 0 radical (unpaired) electrons. The number of nitrogens with zero attached hydrogens (tertiary/aromatic N) is 3. The van der Waals surface area contributed by atoms with Gasteiger partial charge >= 0.3 is 0 Å². The Morgan fingerprint density at radius 2 is 2.29 bits per heavy atom. The van der Waals surface area contributed by atoms with Crippen LogP contribution in [0.3, 0.4) is 0 Å². The number of imidazole rings is 1. The number of fused-ring (bicyclic) bond motifs is 1. The fourth-order valence-corrected chi connectivity index (χ4v) is 2.31. The molecule has 7 heteroatoms. The molecule has 0 amide bonds. The van der Waals surface area contributed by atoms with Crippen LogP contribution in [-0.4, -0.2) is 27.0 Å². The van der Waals surface area contributed by atoms with Crippen molar-refractivity contribution in [2.75, 3.05) is 12.8 Å². The number of rotatable bonds is 2. The summed E-state index contributed by atoms with van der Waals surface area (Å²) in [6.45, 7) is 0. The highest BCUT2D eigenvalue weighted by Gasteiger charge is 2.11. The predicted molar refractivity (Wildman–Crippen MR) is 66.0 cm³/mol. The molecule has 6 nitrogen and oxygen atoms in total. The highest BCUT2D eigenvalue weighted by atomic mass is 32.1. The smallest absolute Gasteiger partial charge is 0.183 e. The SMILES string of the molecule is COc1csc(-c2nc3ncnc(N)c3[nH]2)c1. The van der Waals surface area contributed by atoms with Gasteiger partial charge in [0, 0.05) is 11.4 Å². The summed E-state index contributed by atoms with van der Waals surface area (Å²) in [5, 5.41) is 1.91. The van der Waals surface area contributed by atoms with Gasteiger partial charge in [0.15, 0.2) is 17.3 Å². The molecule has 0 bridgehead atoms. The predicted octanol–water partition coefficient (Wildman–Crippen LogP) is 1.67. The van der Waals surface area contributed by atoms with Gasteiger partial charge in [-0.25, -0.2) is 15.0 Å². The molecule has 0 fully saturated rings. The Kier molecular flexibility index (Phi) is 2.19. The molecule has 3 aromatic heterocycles. The van der Waals surface area contributed by atoms with E-state index in [9.17, 15) is 0 Å². The third-order valence-electron chi connectivity index (χ3n) is 2.36. The quantitative estimate of drug-likeness (QED) is 0.719. The van der Waals surface area contributed by atoms with Crippen LogP contribution >= 0.6 is 11.3 Å². The van der Waals surface area contributed by atoms with E-state index < -0.39 is 0 Å². The molecule has 0 aliphatic rings. The van der Waals surface area contributed by atoms with E-state index in [1.54, 1.807) is 18.4 Å². The van der Waals surface area contributed by atoms with Gasteiger partial charge in [0.05, 0.1) is 12.0 Å². The van der Waals surface area contributed by atoms with Gasteiger partial charge in [-0.3, -0.25) is 0 Å². The van der Waals surface area contributed by atoms with E-state index in [1.165, 1.54) is 6.33 Å². The van der Waals surface area contributed by atoms with Crippen molar-refractivity contribution >= 4 is 28.3 Å². The molecule has 0 spiro atoms. The van der Waals surface area contributed by atoms with Crippen molar-refractivity contribution in [3.8, 4) is 16.5 Å². The van der Waals surface area contributed by atoms with Gasteiger partial charge in [-0.2, -0.15) is 0 Å². The van der Waals surface area contributed by atoms with Crippen molar-refractivity contribution in [1.29, 1.82) is 0 Å². The first-order chi connectivity index (χ1) is 8.28. The van der Waals surface area contributed by atoms with Crippen molar-refractivity contribution < 1.29 is 4.74 Å². The highest BCUT2D eigenvalue weighted by molar-refractivity contribution is 7.13. The minimum absolute atomic E-state index is 0.400. The number of hydrogen-bond acceptors (Lipinski definition) is 6. The van der Waals surface area contributed by atoms with E-state index in [-0.39, 0.29) is 0 Å². The van der Waals surface area contributed by atoms with Crippen LogP contribution in [0, 0.1) is 0 Å². The van der Waals surface area contributed by atoms with Gasteiger partial charge in [-0.05, 0) is 0 Å². The number of anilines is 1. The van der Waals surface area contributed by atoms with Crippen molar-refractivity contribution in [2.24, 2.45) is 0 Å². The molecule has 0 atom stereocenters. The number of nitrogens with one attached hydrogen (secondary N) is 1. The molecule has 0 saturated heterocycles. The second-order valence-corrected chi connectivity index (χ2v) is 4.30. The lowest BCUT2D eigenvalue weighted by Crippen LogP contribution is -1.91. The van der Waals surface area contributed by atoms with Gasteiger partial charge in [-0.1, -0.05) is 0 Å². The molecule has 3 rings (SSSR count). The summed E-state index contributed by atoms with van der Waals surface area (Å²) in [5.41, 5.74) is 6.97. The maximum absolute atomic E-state index is 5.74. The second kappa shape index (κ2) is 3.70. The number of methoxy groups -OCH3 is 1. The fraction of sp³-hybridized carbons (Fsp3) is 0.100. The Hall–Kier alpha value is -2.15. The van der Waals surface area contributed by atoms with Gasteiger partial charge in [0.1, 0.15) is 17.6 Å². The Morgan fingerprint density at radius 1 is 1.41 bits per heavy atom. The number of nitrogen functional groups attached to an aromatic ring is 1. The summed E-state index contributed by atoms with van der Waals surface area (Å²) < 4.78 is 5.13. The van der Waals surface area contributed by atoms with Crippen LogP contribution in [0.4, 0.5) is 5.82 Å². The zero-order valence-electron chi connectivity index (χ0n) is 8.97. The molecular weight excluding hydrogens is 238 g/mol. The number of aromatic amines is 1. The van der Waals surface area contributed by atoms with Crippen LogP contribution in [0.25, 0.3) is 21.9 Å². The zero-order valence-corrected chi connectivity index (χ0v) is 9.78. The first kappa shape index (κ1) is 10.0. The van der Waals surface area contributed by atoms with Gasteiger partial charge in [-0.15, -0.1) is 11.3 Å².